The highest BCUT2D eigenvalue weighted by Gasteiger charge is 2.75. The average Bonchev–Trinajstić information content (AvgIpc) is 3.78. The van der Waals surface area contributed by atoms with Crippen LogP contribution in [-0.4, -0.2) is 89.2 Å². The van der Waals surface area contributed by atoms with Crippen molar-refractivity contribution in [3.05, 3.63) is 73.8 Å². The van der Waals surface area contributed by atoms with E-state index in [0.717, 1.165) is 37.3 Å². The number of nitrogens with zero attached hydrogens (tertiary/aromatic N) is 4. The number of amides is 3. The van der Waals surface area contributed by atoms with Gasteiger partial charge in [-0.05, 0) is 88.1 Å². The van der Waals surface area contributed by atoms with E-state index < -0.39 is 28.7 Å². The molecule has 2 unspecified atom stereocenters. The van der Waals surface area contributed by atoms with Crippen LogP contribution in [0.4, 0.5) is 17.1 Å². The molecule has 7 atom stereocenters. The molecule has 10 heteroatoms. The molecule has 3 fully saturated rings. The Morgan fingerprint density at radius 1 is 0.960 bits per heavy atom. The van der Waals surface area contributed by atoms with E-state index in [4.69, 9.17) is 4.74 Å². The number of fused-ring (bicyclic) bond motifs is 1. The molecule has 3 saturated heterocycles. The summed E-state index contributed by atoms with van der Waals surface area (Å²) in [6.45, 7) is 20.6. The molecule has 270 valence electrons. The van der Waals surface area contributed by atoms with E-state index >= 15 is 4.79 Å². The normalized spacial score (nSPS) is 24.8. The van der Waals surface area contributed by atoms with Gasteiger partial charge in [-0.15, -0.1) is 24.9 Å². The average molecular weight is 703 g/mol. The summed E-state index contributed by atoms with van der Waals surface area (Å²) in [5, 5.41) is 10.7. The largest absolute Gasteiger partial charge is 0.494 e. The topological polar surface area (TPSA) is 93.6 Å². The molecule has 1 spiro atoms. The van der Waals surface area contributed by atoms with E-state index in [9.17, 15) is 14.7 Å². The lowest BCUT2D eigenvalue weighted by Crippen LogP contribution is -2.58. The summed E-state index contributed by atoms with van der Waals surface area (Å²) in [4.78, 5) is 52.2. The molecule has 2 aromatic carbocycles. The number of rotatable bonds is 17. The summed E-state index contributed by atoms with van der Waals surface area (Å²) in [7, 11) is 0. The van der Waals surface area contributed by atoms with Crippen LogP contribution in [0.3, 0.4) is 0 Å². The van der Waals surface area contributed by atoms with Crippen LogP contribution in [0.5, 0.6) is 5.75 Å². The number of likely N-dealkylation sites (tertiary alicyclic amines) is 1. The molecule has 2 bridgehead atoms. The predicted octanol–water partition coefficient (Wildman–Crippen LogP) is 6.17. The summed E-state index contributed by atoms with van der Waals surface area (Å²) in [6, 6.07) is 14.0. The number of hydrogen-bond donors (Lipinski definition) is 1. The molecule has 0 aliphatic carbocycles. The van der Waals surface area contributed by atoms with E-state index in [1.807, 2.05) is 69.3 Å². The molecule has 1 N–H and O–H groups in total. The van der Waals surface area contributed by atoms with Crippen molar-refractivity contribution < 1.29 is 24.2 Å². The van der Waals surface area contributed by atoms with Crippen molar-refractivity contribution >= 4 is 46.5 Å². The molecule has 0 saturated carbocycles. The first-order valence-electron chi connectivity index (χ1n) is 18.2. The highest BCUT2D eigenvalue weighted by Crippen LogP contribution is 2.67. The van der Waals surface area contributed by atoms with Crippen LogP contribution in [0.1, 0.15) is 53.9 Å². The van der Waals surface area contributed by atoms with Crippen LogP contribution < -0.4 is 19.4 Å². The van der Waals surface area contributed by atoms with E-state index in [-0.39, 0.29) is 48.6 Å². The highest BCUT2D eigenvalue weighted by molar-refractivity contribution is 8.02. The van der Waals surface area contributed by atoms with Crippen molar-refractivity contribution in [1.29, 1.82) is 0 Å². The lowest BCUT2D eigenvalue weighted by molar-refractivity contribution is -0.143. The SMILES string of the molecule is C=CCN(C(=O)C1N([C@@H](CO)[C@@H](C)CC)C(=O)[C@@H]2[C@H](C(=O)N(CC=C)c3ccc(OCC)cc3)[C@@H]3CCC12S3)c1ccc(N(CC)CC)cc1. The zero-order chi connectivity index (χ0) is 36.2. The van der Waals surface area contributed by atoms with Gasteiger partial charge in [0.15, 0.2) is 0 Å². The van der Waals surface area contributed by atoms with Gasteiger partial charge < -0.3 is 29.4 Å². The Morgan fingerprint density at radius 2 is 1.52 bits per heavy atom. The second-order valence-electron chi connectivity index (χ2n) is 13.5. The van der Waals surface area contributed by atoms with Crippen molar-refractivity contribution in [2.75, 3.05) is 54.1 Å². The van der Waals surface area contributed by atoms with Gasteiger partial charge in [0.25, 0.3) is 5.91 Å². The van der Waals surface area contributed by atoms with E-state index in [1.54, 1.807) is 38.6 Å². The maximum absolute atomic E-state index is 15.2. The van der Waals surface area contributed by atoms with E-state index in [1.165, 1.54) is 0 Å². The number of anilines is 3. The molecule has 3 aliphatic rings. The van der Waals surface area contributed by atoms with E-state index in [0.29, 0.717) is 24.5 Å². The van der Waals surface area contributed by atoms with Crippen LogP contribution >= 0.6 is 11.8 Å². The zero-order valence-electron chi connectivity index (χ0n) is 30.3. The van der Waals surface area contributed by atoms with Crippen LogP contribution in [0.25, 0.3) is 0 Å². The second kappa shape index (κ2) is 16.1. The lowest BCUT2D eigenvalue weighted by atomic mass is 9.70. The molecular formula is C40H54N4O5S. The Morgan fingerprint density at radius 3 is 2.04 bits per heavy atom. The first-order chi connectivity index (χ1) is 24.2. The van der Waals surface area contributed by atoms with Gasteiger partial charge in [-0.25, -0.2) is 0 Å². The van der Waals surface area contributed by atoms with Crippen LogP contribution in [0, 0.1) is 17.8 Å². The van der Waals surface area contributed by atoms with Gasteiger partial charge in [0, 0.05) is 48.5 Å². The number of aliphatic hydroxyl groups is 1. The fraction of sp³-hybridized carbons (Fsp3) is 0.525. The quantitative estimate of drug-likeness (QED) is 0.197. The molecule has 50 heavy (non-hydrogen) atoms. The second-order valence-corrected chi connectivity index (χ2v) is 15.1. The minimum atomic E-state index is -0.848. The Labute approximate surface area is 302 Å². The third-order valence-corrected chi connectivity index (χ3v) is 13.0. The monoisotopic (exact) mass is 702 g/mol. The van der Waals surface area contributed by atoms with Crippen LogP contribution in [0.2, 0.25) is 0 Å². The minimum Gasteiger partial charge on any atom is -0.494 e. The van der Waals surface area contributed by atoms with Crippen molar-refractivity contribution in [2.24, 2.45) is 17.8 Å². The molecule has 2 aromatic rings. The standard InChI is InChI=1S/C40H54N4O5S/c1-8-24-42(30-18-20-31(21-19-30)49-13-6)37(46)34-33-22-23-40(50-33)35(34)38(47)44(32(26-45)27(7)10-3)36(40)39(48)43(25-9-2)29-16-14-28(15-17-29)41(11-4)12-5/h8-9,14-21,27,32-36,45H,1-2,10-13,22-26H2,3-7H3/t27-,32-,33-,34+,35-,36?,40?/m0/s1. The van der Waals surface area contributed by atoms with Gasteiger partial charge in [0.1, 0.15) is 11.8 Å². The molecule has 0 aromatic heterocycles. The Balaban J connectivity index is 1.57. The molecule has 0 radical (unpaired) electrons. The predicted molar refractivity (Wildman–Crippen MR) is 204 cm³/mol. The minimum absolute atomic E-state index is 0.0619. The number of carbonyl (C=O) groups is 3. The number of ether oxygens (including phenoxy) is 1. The van der Waals surface area contributed by atoms with Crippen molar-refractivity contribution in [2.45, 2.75) is 76.0 Å². The fourth-order valence-corrected chi connectivity index (χ4v) is 10.6. The fourth-order valence-electron chi connectivity index (χ4n) is 8.38. The molecule has 3 amide bonds. The van der Waals surface area contributed by atoms with E-state index in [2.05, 4.69) is 31.9 Å². The third kappa shape index (κ3) is 6.57. The number of hydrogen-bond acceptors (Lipinski definition) is 7. The lowest BCUT2D eigenvalue weighted by Gasteiger charge is -2.41. The summed E-state index contributed by atoms with van der Waals surface area (Å²) >= 11 is 1.64. The summed E-state index contributed by atoms with van der Waals surface area (Å²) < 4.78 is 4.83. The van der Waals surface area contributed by atoms with Gasteiger partial charge >= 0.3 is 0 Å². The van der Waals surface area contributed by atoms with Gasteiger partial charge in [-0.3, -0.25) is 14.4 Å². The Hall–Kier alpha value is -3.76. The molecule has 9 nitrogen and oxygen atoms in total. The first kappa shape index (κ1) is 37.5. The van der Waals surface area contributed by atoms with Crippen molar-refractivity contribution in [1.82, 2.24) is 4.90 Å². The molecule has 5 rings (SSSR count). The summed E-state index contributed by atoms with van der Waals surface area (Å²) in [5.41, 5.74) is 2.49. The van der Waals surface area contributed by atoms with Gasteiger partial charge in [0.05, 0.1) is 35.8 Å². The van der Waals surface area contributed by atoms with Crippen LogP contribution in [0.15, 0.2) is 73.8 Å². The smallest absolute Gasteiger partial charge is 0.251 e. The maximum atomic E-state index is 15.2. The molecule has 3 heterocycles. The number of aliphatic hydroxyl groups excluding tert-OH is 1. The number of carbonyl (C=O) groups excluding carboxylic acids is 3. The van der Waals surface area contributed by atoms with Gasteiger partial charge in [-0.1, -0.05) is 32.4 Å². The summed E-state index contributed by atoms with van der Waals surface area (Å²) in [6.07, 6.45) is 5.49. The highest BCUT2D eigenvalue weighted by atomic mass is 32.2. The molecular weight excluding hydrogens is 649 g/mol. The van der Waals surface area contributed by atoms with Gasteiger partial charge in [-0.2, -0.15) is 0 Å². The van der Waals surface area contributed by atoms with Crippen molar-refractivity contribution in [3.8, 4) is 5.75 Å². The third-order valence-electron chi connectivity index (χ3n) is 11.0. The molecule has 3 aliphatic heterocycles. The van der Waals surface area contributed by atoms with Crippen molar-refractivity contribution in [3.63, 3.8) is 0 Å². The number of benzene rings is 2. The maximum Gasteiger partial charge on any atom is 0.251 e. The zero-order valence-corrected chi connectivity index (χ0v) is 31.1. The Bertz CT molecular complexity index is 1530. The first-order valence-corrected chi connectivity index (χ1v) is 19.1. The van der Waals surface area contributed by atoms with Gasteiger partial charge in [0.2, 0.25) is 11.8 Å². The Kier molecular flexibility index (Phi) is 12.0. The number of thioether (sulfide) groups is 1. The summed E-state index contributed by atoms with van der Waals surface area (Å²) in [5.74, 6) is -1.22. The van der Waals surface area contributed by atoms with Crippen LogP contribution in [-0.2, 0) is 14.4 Å².